The lowest BCUT2D eigenvalue weighted by Crippen LogP contribution is -2.00. The summed E-state index contributed by atoms with van der Waals surface area (Å²) in [6, 6.07) is 8.13. The summed E-state index contributed by atoms with van der Waals surface area (Å²) in [7, 11) is 0. The molecule has 1 aromatic heterocycles. The van der Waals surface area contributed by atoms with E-state index in [-0.39, 0.29) is 0 Å². The van der Waals surface area contributed by atoms with Gasteiger partial charge in [-0.25, -0.2) is 4.98 Å². The summed E-state index contributed by atoms with van der Waals surface area (Å²) in [4.78, 5) is 4.25. The van der Waals surface area contributed by atoms with Gasteiger partial charge in [-0.3, -0.25) is 0 Å². The second kappa shape index (κ2) is 4.94. The molecule has 0 spiro atoms. The van der Waals surface area contributed by atoms with Gasteiger partial charge < -0.3 is 10.2 Å². The van der Waals surface area contributed by atoms with E-state index < -0.39 is 0 Å². The fourth-order valence-corrected chi connectivity index (χ4v) is 1.65. The lowest BCUT2D eigenvalue weighted by Gasteiger charge is -2.00. The van der Waals surface area contributed by atoms with E-state index in [0.717, 1.165) is 30.1 Å². The summed E-state index contributed by atoms with van der Waals surface area (Å²) in [5, 5.41) is 0. The molecule has 0 bridgehead atoms. The Hall–Kier alpha value is -1.61. The molecule has 0 saturated carbocycles. The van der Waals surface area contributed by atoms with Crippen LogP contribution in [0.15, 0.2) is 34.9 Å². The van der Waals surface area contributed by atoms with Gasteiger partial charge in [0.25, 0.3) is 0 Å². The number of nitrogens with zero attached hydrogens (tertiary/aromatic N) is 1. The van der Waals surface area contributed by atoms with Gasteiger partial charge in [0, 0.05) is 12.0 Å². The first kappa shape index (κ1) is 10.9. The molecule has 0 fully saturated rings. The van der Waals surface area contributed by atoms with Crippen molar-refractivity contribution >= 4 is 0 Å². The summed E-state index contributed by atoms with van der Waals surface area (Å²) in [5.74, 6) is 1.61. The number of aryl methyl sites for hydroxylation is 2. The van der Waals surface area contributed by atoms with Gasteiger partial charge >= 0.3 is 0 Å². The maximum absolute atomic E-state index is 5.69. The Morgan fingerprint density at radius 1 is 1.31 bits per heavy atom. The Morgan fingerprint density at radius 2 is 2.12 bits per heavy atom. The molecule has 1 heterocycles. The van der Waals surface area contributed by atoms with Gasteiger partial charge in [-0.15, -0.1) is 0 Å². The summed E-state index contributed by atoms with van der Waals surface area (Å²) < 4.78 is 5.69. The minimum absolute atomic E-state index is 0.669. The molecule has 0 aliphatic rings. The van der Waals surface area contributed by atoms with Crippen molar-refractivity contribution in [2.45, 2.75) is 19.8 Å². The van der Waals surface area contributed by atoms with Crippen LogP contribution in [0.1, 0.15) is 17.9 Å². The van der Waals surface area contributed by atoms with Crippen molar-refractivity contribution < 1.29 is 4.42 Å². The van der Waals surface area contributed by atoms with Crippen molar-refractivity contribution in [3.8, 4) is 11.3 Å². The van der Waals surface area contributed by atoms with Crippen molar-refractivity contribution in [2.24, 2.45) is 5.73 Å². The first-order chi connectivity index (χ1) is 7.81. The number of aromatic nitrogens is 1. The van der Waals surface area contributed by atoms with E-state index in [4.69, 9.17) is 10.2 Å². The van der Waals surface area contributed by atoms with Crippen molar-refractivity contribution in [3.05, 3.63) is 41.9 Å². The van der Waals surface area contributed by atoms with Crippen LogP contribution in [0.25, 0.3) is 11.3 Å². The zero-order chi connectivity index (χ0) is 11.4. The third-order valence-corrected chi connectivity index (χ3v) is 2.56. The first-order valence-corrected chi connectivity index (χ1v) is 5.52. The zero-order valence-corrected chi connectivity index (χ0v) is 9.44. The fourth-order valence-electron chi connectivity index (χ4n) is 1.65. The van der Waals surface area contributed by atoms with Crippen LogP contribution < -0.4 is 5.73 Å². The Kier molecular flexibility index (Phi) is 3.37. The predicted octanol–water partition coefficient (Wildman–Crippen LogP) is 2.54. The highest BCUT2D eigenvalue weighted by atomic mass is 16.4. The Labute approximate surface area is 95.3 Å². The van der Waals surface area contributed by atoms with E-state index in [1.807, 2.05) is 18.2 Å². The second-order valence-electron chi connectivity index (χ2n) is 3.83. The van der Waals surface area contributed by atoms with Crippen LogP contribution in [0.5, 0.6) is 0 Å². The van der Waals surface area contributed by atoms with Gasteiger partial charge in [0.05, 0.1) is 6.20 Å². The molecule has 84 valence electrons. The summed E-state index contributed by atoms with van der Waals surface area (Å²) >= 11 is 0. The third kappa shape index (κ3) is 2.31. The van der Waals surface area contributed by atoms with E-state index >= 15 is 0 Å². The lowest BCUT2D eigenvalue weighted by molar-refractivity contribution is 0.499. The number of nitrogens with two attached hydrogens (primary N) is 1. The molecule has 0 amide bonds. The van der Waals surface area contributed by atoms with E-state index in [0.29, 0.717) is 6.54 Å². The minimum Gasteiger partial charge on any atom is -0.441 e. The van der Waals surface area contributed by atoms with Crippen LogP contribution in [-0.4, -0.2) is 11.5 Å². The predicted molar refractivity (Wildman–Crippen MR) is 64.1 cm³/mol. The molecule has 3 heteroatoms. The van der Waals surface area contributed by atoms with Crippen molar-refractivity contribution in [1.82, 2.24) is 4.98 Å². The molecule has 2 aromatic rings. The molecule has 16 heavy (non-hydrogen) atoms. The topological polar surface area (TPSA) is 52.0 Å². The normalized spacial score (nSPS) is 10.6. The Bertz CT molecular complexity index is 462. The molecule has 2 rings (SSSR count). The number of hydrogen-bond acceptors (Lipinski definition) is 3. The highest BCUT2D eigenvalue weighted by molar-refractivity contribution is 5.60. The van der Waals surface area contributed by atoms with Crippen LogP contribution in [0, 0.1) is 6.92 Å². The van der Waals surface area contributed by atoms with Crippen molar-refractivity contribution in [3.63, 3.8) is 0 Å². The number of rotatable bonds is 4. The maximum Gasteiger partial charge on any atom is 0.194 e. The van der Waals surface area contributed by atoms with Gasteiger partial charge in [0.1, 0.15) is 0 Å². The van der Waals surface area contributed by atoms with Gasteiger partial charge in [0.2, 0.25) is 0 Å². The van der Waals surface area contributed by atoms with Crippen LogP contribution in [0.4, 0.5) is 0 Å². The molecule has 0 unspecified atom stereocenters. The average molecular weight is 216 g/mol. The molecular formula is C13H16N2O. The summed E-state index contributed by atoms with van der Waals surface area (Å²) in [6.45, 7) is 2.74. The maximum atomic E-state index is 5.69. The van der Waals surface area contributed by atoms with E-state index in [2.05, 4.69) is 18.0 Å². The molecule has 2 N–H and O–H groups in total. The van der Waals surface area contributed by atoms with E-state index in [1.54, 1.807) is 6.20 Å². The zero-order valence-electron chi connectivity index (χ0n) is 9.44. The number of benzene rings is 1. The van der Waals surface area contributed by atoms with Gasteiger partial charge in [-0.2, -0.15) is 0 Å². The van der Waals surface area contributed by atoms with Crippen LogP contribution >= 0.6 is 0 Å². The smallest absolute Gasteiger partial charge is 0.194 e. The molecule has 1 aromatic carbocycles. The molecule has 0 atom stereocenters. The molecule has 0 aliphatic heterocycles. The van der Waals surface area contributed by atoms with Gasteiger partial charge in [-0.1, -0.05) is 24.3 Å². The SMILES string of the molecule is Cc1ccccc1-c1cnc(CCCN)o1. The quantitative estimate of drug-likeness (QED) is 0.854. The average Bonchev–Trinajstić information content (AvgIpc) is 2.75. The van der Waals surface area contributed by atoms with Crippen LogP contribution in [0.3, 0.4) is 0 Å². The number of oxazole rings is 1. The molecule has 0 radical (unpaired) electrons. The third-order valence-electron chi connectivity index (χ3n) is 2.56. The molecule has 0 saturated heterocycles. The highest BCUT2D eigenvalue weighted by Gasteiger charge is 2.07. The van der Waals surface area contributed by atoms with Crippen molar-refractivity contribution in [1.29, 1.82) is 0 Å². The Morgan fingerprint density at radius 3 is 2.88 bits per heavy atom. The number of hydrogen-bond donors (Lipinski definition) is 1. The molecule has 0 aliphatic carbocycles. The molecule has 3 nitrogen and oxygen atoms in total. The first-order valence-electron chi connectivity index (χ1n) is 5.52. The Balaban J connectivity index is 2.22. The van der Waals surface area contributed by atoms with Crippen molar-refractivity contribution in [2.75, 3.05) is 6.54 Å². The fraction of sp³-hybridized carbons (Fsp3) is 0.308. The second-order valence-corrected chi connectivity index (χ2v) is 3.83. The standard InChI is InChI=1S/C13H16N2O/c1-10-5-2-3-6-11(10)12-9-15-13(16-12)7-4-8-14/h2-3,5-6,9H,4,7-8,14H2,1H3. The largest absolute Gasteiger partial charge is 0.441 e. The lowest BCUT2D eigenvalue weighted by atomic mass is 10.1. The van der Waals surface area contributed by atoms with Gasteiger partial charge in [0.15, 0.2) is 11.7 Å². The van der Waals surface area contributed by atoms with E-state index in [9.17, 15) is 0 Å². The van der Waals surface area contributed by atoms with E-state index in [1.165, 1.54) is 5.56 Å². The van der Waals surface area contributed by atoms with Gasteiger partial charge in [-0.05, 0) is 25.5 Å². The highest BCUT2D eigenvalue weighted by Crippen LogP contribution is 2.23. The van der Waals surface area contributed by atoms with Crippen LogP contribution in [0.2, 0.25) is 0 Å². The summed E-state index contributed by atoms with van der Waals surface area (Å²) in [6.07, 6.45) is 3.50. The monoisotopic (exact) mass is 216 g/mol. The molecular weight excluding hydrogens is 200 g/mol. The van der Waals surface area contributed by atoms with Crippen LogP contribution in [-0.2, 0) is 6.42 Å². The summed E-state index contributed by atoms with van der Waals surface area (Å²) in [5.41, 5.74) is 7.75. The minimum atomic E-state index is 0.669.